The van der Waals surface area contributed by atoms with E-state index in [1.807, 2.05) is 39.8 Å². The minimum atomic E-state index is -1.75. The minimum Gasteiger partial charge on any atom is -0.462 e. The van der Waals surface area contributed by atoms with E-state index in [2.05, 4.69) is 10.6 Å². The normalized spacial score (nSPS) is 47.6. The molecule has 0 aromatic carbocycles. The van der Waals surface area contributed by atoms with Gasteiger partial charge in [-0.2, -0.15) is 0 Å². The second kappa shape index (κ2) is 19.3. The van der Waals surface area contributed by atoms with Crippen molar-refractivity contribution in [1.29, 1.82) is 0 Å². The summed E-state index contributed by atoms with van der Waals surface area (Å²) in [7, 11) is 5.31. The molecule has 4 aliphatic rings. The number of carbonyl (C=O) groups excluding carboxylic acids is 1. The maximum atomic E-state index is 14.0. The van der Waals surface area contributed by atoms with Gasteiger partial charge in [-0.05, 0) is 87.2 Å². The Morgan fingerprint density at radius 3 is 2.22 bits per heavy atom. The average Bonchev–Trinajstić information content (AvgIpc) is 3.65. The van der Waals surface area contributed by atoms with Crippen molar-refractivity contribution in [3.8, 4) is 0 Å². The van der Waals surface area contributed by atoms with Crippen LogP contribution in [0.1, 0.15) is 100 Å². The van der Waals surface area contributed by atoms with Crippen LogP contribution < -0.4 is 10.6 Å². The highest BCUT2D eigenvalue weighted by Crippen LogP contribution is 2.39. The molecule has 0 spiro atoms. The molecule has 4 fully saturated rings. The number of methoxy groups -OCH3 is 1. The molecule has 17 atom stereocenters. The van der Waals surface area contributed by atoms with Gasteiger partial charge in [0.25, 0.3) is 0 Å². The lowest BCUT2D eigenvalue weighted by Crippen LogP contribution is -2.65. The van der Waals surface area contributed by atoms with Gasteiger partial charge in [-0.15, -0.1) is 0 Å². The van der Waals surface area contributed by atoms with Crippen LogP contribution in [0, 0.1) is 17.8 Å². The lowest BCUT2D eigenvalue weighted by atomic mass is 9.78. The third kappa shape index (κ3) is 11.4. The fraction of sp³-hybridized carbons (Fsp3) is 0.975. The molecule has 3 heterocycles. The number of hydrogen-bond donors (Lipinski definition) is 7. The van der Waals surface area contributed by atoms with Crippen LogP contribution in [0.4, 0.5) is 0 Å². The van der Waals surface area contributed by atoms with Gasteiger partial charge < -0.3 is 69.5 Å². The lowest BCUT2D eigenvalue weighted by Gasteiger charge is -2.49. The maximum absolute atomic E-state index is 14.0. The van der Waals surface area contributed by atoms with E-state index < -0.39 is 96.3 Å². The van der Waals surface area contributed by atoms with E-state index in [4.69, 9.17) is 28.4 Å². The average molecular weight is 790 g/mol. The van der Waals surface area contributed by atoms with Crippen LogP contribution in [0.3, 0.4) is 0 Å². The molecule has 322 valence electrons. The van der Waals surface area contributed by atoms with E-state index in [1.165, 1.54) is 6.92 Å². The van der Waals surface area contributed by atoms with Gasteiger partial charge in [-0.25, -0.2) is 0 Å². The molecule has 15 nitrogen and oxygen atoms in total. The number of carbonyl (C=O) groups is 1. The van der Waals surface area contributed by atoms with Crippen LogP contribution in [0.25, 0.3) is 0 Å². The number of nitrogens with zero attached hydrogens (tertiary/aromatic N) is 1. The summed E-state index contributed by atoms with van der Waals surface area (Å²) in [6.45, 7) is 14.0. The zero-order valence-corrected chi connectivity index (χ0v) is 35.3. The maximum Gasteiger partial charge on any atom is 0.311 e. The van der Waals surface area contributed by atoms with Gasteiger partial charge in [-0.3, -0.25) is 4.79 Å². The second-order valence-electron chi connectivity index (χ2n) is 18.2. The summed E-state index contributed by atoms with van der Waals surface area (Å²) < 4.78 is 37.6. The van der Waals surface area contributed by atoms with Crippen LogP contribution in [0.15, 0.2) is 0 Å². The Hall–Kier alpha value is -1.05. The molecule has 1 saturated carbocycles. The van der Waals surface area contributed by atoms with E-state index in [-0.39, 0.29) is 37.6 Å². The molecule has 0 bridgehead atoms. The van der Waals surface area contributed by atoms with Gasteiger partial charge >= 0.3 is 5.97 Å². The van der Waals surface area contributed by atoms with Crippen LogP contribution in [-0.4, -0.2) is 168 Å². The minimum absolute atomic E-state index is 0.142. The van der Waals surface area contributed by atoms with Gasteiger partial charge in [0.1, 0.15) is 23.9 Å². The predicted molar refractivity (Wildman–Crippen MR) is 205 cm³/mol. The zero-order valence-electron chi connectivity index (χ0n) is 35.3. The lowest BCUT2D eigenvalue weighted by molar-refractivity contribution is -0.319. The van der Waals surface area contributed by atoms with Crippen molar-refractivity contribution in [3.63, 3.8) is 0 Å². The predicted octanol–water partition coefficient (Wildman–Crippen LogP) is 1.29. The van der Waals surface area contributed by atoms with Crippen molar-refractivity contribution in [3.05, 3.63) is 0 Å². The van der Waals surface area contributed by atoms with Gasteiger partial charge in [0.05, 0.1) is 48.1 Å². The summed E-state index contributed by atoms with van der Waals surface area (Å²) in [4.78, 5) is 15.9. The van der Waals surface area contributed by atoms with Crippen molar-refractivity contribution in [2.75, 3.05) is 40.9 Å². The molecule has 0 unspecified atom stereocenters. The molecule has 4 rings (SSSR count). The summed E-state index contributed by atoms with van der Waals surface area (Å²) >= 11 is 0. The summed E-state index contributed by atoms with van der Waals surface area (Å²) in [5, 5.41) is 65.1. The van der Waals surface area contributed by atoms with Crippen LogP contribution in [-0.2, 0) is 33.2 Å². The number of ether oxygens (including phenoxy) is 6. The molecule has 3 saturated heterocycles. The van der Waals surface area contributed by atoms with Crippen molar-refractivity contribution >= 4 is 5.97 Å². The molecule has 3 aliphatic heterocycles. The van der Waals surface area contributed by atoms with Gasteiger partial charge in [0, 0.05) is 50.7 Å². The van der Waals surface area contributed by atoms with E-state index in [9.17, 15) is 30.3 Å². The summed E-state index contributed by atoms with van der Waals surface area (Å²) in [5.41, 5.74) is -4.69. The Balaban J connectivity index is 1.71. The Morgan fingerprint density at radius 2 is 1.60 bits per heavy atom. The summed E-state index contributed by atoms with van der Waals surface area (Å²) in [5.74, 6) is -2.89. The first kappa shape index (κ1) is 46.6. The van der Waals surface area contributed by atoms with E-state index in [0.29, 0.717) is 19.0 Å². The highest BCUT2D eigenvalue weighted by atomic mass is 16.7. The van der Waals surface area contributed by atoms with Crippen molar-refractivity contribution < 1.29 is 58.7 Å². The third-order valence-corrected chi connectivity index (χ3v) is 12.9. The van der Waals surface area contributed by atoms with E-state index >= 15 is 0 Å². The molecule has 1 aliphatic carbocycles. The number of esters is 1. The molecule has 7 N–H and O–H groups in total. The number of rotatable bonds is 9. The Kier molecular flexibility index (Phi) is 16.4. The largest absolute Gasteiger partial charge is 0.462 e. The second-order valence-corrected chi connectivity index (χ2v) is 18.2. The number of aliphatic hydroxyl groups excluding tert-OH is 2. The number of hydrogen-bond acceptors (Lipinski definition) is 15. The standard InChI is InChI=1S/C40H75N3O12/c1-22-19-41-23(2)18-38(7,47)35(55-37-32(44)29(43(9)10)16-24(3)52-37)25(4)33(26(5)36(46)51-21-39(8,48)34(22)45)54-31-17-30(50-11)40(49,27(6)53-31)20-42-28-14-12-13-15-28/h22-35,37,41-42,44-45,47-49H,12-21H2,1-11H3/t22-,23-,24-,25-,26-,27+,29+,30-,31+,32-,33-,34+,35-,37+,38-,39-,40+/m1/s1. The quantitative estimate of drug-likeness (QED) is 0.165. The molecule has 0 radical (unpaired) electrons. The molecule has 15 heteroatoms. The first-order valence-corrected chi connectivity index (χ1v) is 20.6. The third-order valence-electron chi connectivity index (χ3n) is 12.9. The van der Waals surface area contributed by atoms with Crippen LogP contribution in [0.5, 0.6) is 0 Å². The Bertz CT molecular complexity index is 1210. The molecule has 55 heavy (non-hydrogen) atoms. The summed E-state index contributed by atoms with van der Waals surface area (Å²) in [6, 6.07) is -0.248. The monoisotopic (exact) mass is 790 g/mol. The summed E-state index contributed by atoms with van der Waals surface area (Å²) in [6.07, 6.45) is -2.77. The first-order valence-electron chi connectivity index (χ1n) is 20.6. The fourth-order valence-corrected chi connectivity index (χ4v) is 9.29. The molecule has 0 aromatic rings. The van der Waals surface area contributed by atoms with Gasteiger partial charge in [-0.1, -0.05) is 26.7 Å². The van der Waals surface area contributed by atoms with Crippen LogP contribution in [0.2, 0.25) is 0 Å². The number of likely N-dealkylation sites (N-methyl/N-ethyl adjacent to an activating group) is 1. The molecular formula is C40H75N3O12. The fourth-order valence-electron chi connectivity index (χ4n) is 9.29. The van der Waals surface area contributed by atoms with Crippen molar-refractivity contribution in [1.82, 2.24) is 15.5 Å². The highest BCUT2D eigenvalue weighted by molar-refractivity contribution is 5.72. The number of aliphatic hydroxyl groups is 5. The highest BCUT2D eigenvalue weighted by Gasteiger charge is 2.53. The molecule has 0 aromatic heterocycles. The first-order chi connectivity index (χ1) is 25.6. The number of nitrogens with one attached hydrogen (secondary N) is 2. The Morgan fingerprint density at radius 1 is 0.945 bits per heavy atom. The van der Waals surface area contributed by atoms with Crippen LogP contribution >= 0.6 is 0 Å². The van der Waals surface area contributed by atoms with E-state index in [0.717, 1.165) is 25.7 Å². The molecule has 0 amide bonds. The van der Waals surface area contributed by atoms with Gasteiger partial charge in [0.2, 0.25) is 0 Å². The molecular weight excluding hydrogens is 714 g/mol. The number of cyclic esters (lactones) is 1. The topological polar surface area (TPSA) is 201 Å². The Labute approximate surface area is 329 Å². The SMILES string of the molecule is CO[C@@H]1C[C@H](O[C@@H]2[C@@H](C)[C@@H](O[C@@H]3O[C@H](C)C[C@H](N(C)C)[C@H]3O)[C@](C)(O)C[C@@H](C)NC[C@@H](C)[C@H](O)[C@](C)(O)COC(=O)[C@@H]2C)O[C@@H](C)[C@@]1(O)CNC1CCCC1. The smallest absolute Gasteiger partial charge is 0.311 e. The zero-order chi connectivity index (χ0) is 41.0. The van der Waals surface area contributed by atoms with Gasteiger partial charge in [0.15, 0.2) is 12.6 Å². The van der Waals surface area contributed by atoms with E-state index in [1.54, 1.807) is 34.8 Å². The van der Waals surface area contributed by atoms with Crippen molar-refractivity contribution in [2.24, 2.45) is 17.8 Å². The van der Waals surface area contributed by atoms with Crippen molar-refractivity contribution in [2.45, 2.75) is 191 Å².